The van der Waals surface area contributed by atoms with Gasteiger partial charge in [0.2, 0.25) is 0 Å². The van der Waals surface area contributed by atoms with E-state index in [-0.39, 0.29) is 17.4 Å². The van der Waals surface area contributed by atoms with E-state index < -0.39 is 5.82 Å². The van der Waals surface area contributed by atoms with Gasteiger partial charge in [0, 0.05) is 12.6 Å². The topological polar surface area (TPSA) is 64.4 Å². The zero-order valence-electron chi connectivity index (χ0n) is 11.2. The van der Waals surface area contributed by atoms with Gasteiger partial charge in [0.1, 0.15) is 0 Å². The predicted octanol–water partition coefficient (Wildman–Crippen LogP) is 2.87. The lowest BCUT2D eigenvalue weighted by Crippen LogP contribution is -2.17. The summed E-state index contributed by atoms with van der Waals surface area (Å²) in [7, 11) is 1.53. The summed E-state index contributed by atoms with van der Waals surface area (Å²) in [6.45, 7) is 1.83. The normalized spacial score (nSPS) is 10.2. The summed E-state index contributed by atoms with van der Waals surface area (Å²) >= 11 is 0. The smallest absolute Gasteiger partial charge is 0.251 e. The molecule has 0 radical (unpaired) electrons. The summed E-state index contributed by atoms with van der Waals surface area (Å²) in [6.07, 6.45) is 0. The monoisotopic (exact) mass is 274 g/mol. The van der Waals surface area contributed by atoms with E-state index >= 15 is 0 Å². The second-order valence-corrected chi connectivity index (χ2v) is 4.37. The van der Waals surface area contributed by atoms with E-state index in [2.05, 4.69) is 5.32 Å². The third-order valence-electron chi connectivity index (χ3n) is 2.81. The summed E-state index contributed by atoms with van der Waals surface area (Å²) in [5, 5.41) is 2.50. The average molecular weight is 274 g/mol. The van der Waals surface area contributed by atoms with Crippen LogP contribution >= 0.6 is 0 Å². The maximum atomic E-state index is 13.7. The van der Waals surface area contributed by atoms with Crippen LogP contribution in [0.5, 0.6) is 11.5 Å². The third kappa shape index (κ3) is 2.88. The molecule has 0 bridgehead atoms. The van der Waals surface area contributed by atoms with Crippen molar-refractivity contribution in [2.45, 2.75) is 6.92 Å². The number of aryl methyl sites for hydroxylation is 1. The molecule has 0 saturated carbocycles. The lowest BCUT2D eigenvalue weighted by Gasteiger charge is -2.11. The number of carbonyl (C=O) groups is 1. The first-order chi connectivity index (χ1) is 9.51. The highest BCUT2D eigenvalue weighted by Crippen LogP contribution is 2.30. The van der Waals surface area contributed by atoms with Gasteiger partial charge >= 0.3 is 0 Å². The molecule has 1 amide bonds. The van der Waals surface area contributed by atoms with Crippen LogP contribution < -0.4 is 15.8 Å². The van der Waals surface area contributed by atoms with Crippen LogP contribution in [0, 0.1) is 12.7 Å². The summed E-state index contributed by atoms with van der Waals surface area (Å²) in [5.74, 6) is -0.429. The van der Waals surface area contributed by atoms with Gasteiger partial charge in [0.15, 0.2) is 17.3 Å². The standard InChI is InChI=1S/C15H15FN2O2/c1-9-3-5-11(16)13(7-9)20-14-8-10(15(19)18-2)4-6-12(14)17/h3-8H,17H2,1-2H3,(H,18,19). The highest BCUT2D eigenvalue weighted by Gasteiger charge is 2.11. The SMILES string of the molecule is CNC(=O)c1ccc(N)c(Oc2cc(C)ccc2F)c1. The number of nitrogen functional groups attached to an aromatic ring is 1. The van der Waals surface area contributed by atoms with Gasteiger partial charge in [-0.1, -0.05) is 6.07 Å². The molecule has 0 fully saturated rings. The van der Waals surface area contributed by atoms with E-state index in [1.165, 1.54) is 19.2 Å². The van der Waals surface area contributed by atoms with E-state index in [1.807, 2.05) is 6.92 Å². The Kier molecular flexibility index (Phi) is 3.89. The Balaban J connectivity index is 2.37. The summed E-state index contributed by atoms with van der Waals surface area (Å²) < 4.78 is 19.1. The van der Waals surface area contributed by atoms with Gasteiger partial charge in [0.05, 0.1) is 5.69 Å². The fourth-order valence-electron chi connectivity index (χ4n) is 1.72. The number of hydrogen-bond donors (Lipinski definition) is 2. The van der Waals surface area contributed by atoms with Crippen LogP contribution in [-0.2, 0) is 0 Å². The molecular weight excluding hydrogens is 259 g/mol. The van der Waals surface area contributed by atoms with Gasteiger partial charge in [-0.25, -0.2) is 4.39 Å². The minimum absolute atomic E-state index is 0.0748. The highest BCUT2D eigenvalue weighted by molar-refractivity contribution is 5.95. The van der Waals surface area contributed by atoms with Gasteiger partial charge < -0.3 is 15.8 Å². The molecule has 4 nitrogen and oxygen atoms in total. The van der Waals surface area contributed by atoms with Crippen molar-refractivity contribution >= 4 is 11.6 Å². The quantitative estimate of drug-likeness (QED) is 0.846. The molecule has 0 aliphatic heterocycles. The number of carbonyl (C=O) groups excluding carboxylic acids is 1. The molecule has 3 N–H and O–H groups in total. The number of hydrogen-bond acceptors (Lipinski definition) is 3. The molecule has 0 aromatic heterocycles. The fraction of sp³-hybridized carbons (Fsp3) is 0.133. The maximum Gasteiger partial charge on any atom is 0.251 e. The van der Waals surface area contributed by atoms with Crippen LogP contribution in [0.15, 0.2) is 36.4 Å². The second kappa shape index (κ2) is 5.61. The highest BCUT2D eigenvalue weighted by atomic mass is 19.1. The largest absolute Gasteiger partial charge is 0.452 e. The van der Waals surface area contributed by atoms with Crippen molar-refractivity contribution in [2.24, 2.45) is 0 Å². The first-order valence-electron chi connectivity index (χ1n) is 6.07. The van der Waals surface area contributed by atoms with E-state index in [4.69, 9.17) is 10.5 Å². The molecule has 0 unspecified atom stereocenters. The Morgan fingerprint density at radius 2 is 1.95 bits per heavy atom. The Hall–Kier alpha value is -2.56. The molecule has 104 valence electrons. The number of nitrogens with one attached hydrogen (secondary N) is 1. The Bertz CT molecular complexity index is 656. The fourth-order valence-corrected chi connectivity index (χ4v) is 1.72. The van der Waals surface area contributed by atoms with E-state index in [0.717, 1.165) is 5.56 Å². The van der Waals surface area contributed by atoms with Crippen molar-refractivity contribution < 1.29 is 13.9 Å². The number of benzene rings is 2. The minimum atomic E-state index is -0.486. The molecule has 0 heterocycles. The predicted molar refractivity (Wildman–Crippen MR) is 75.5 cm³/mol. The van der Waals surface area contributed by atoms with Crippen molar-refractivity contribution in [2.75, 3.05) is 12.8 Å². The number of rotatable bonds is 3. The van der Waals surface area contributed by atoms with Crippen LogP contribution in [0.3, 0.4) is 0 Å². The van der Waals surface area contributed by atoms with E-state index in [9.17, 15) is 9.18 Å². The molecule has 0 atom stereocenters. The van der Waals surface area contributed by atoms with Crippen LogP contribution in [-0.4, -0.2) is 13.0 Å². The van der Waals surface area contributed by atoms with E-state index in [0.29, 0.717) is 11.3 Å². The zero-order valence-corrected chi connectivity index (χ0v) is 11.2. The Morgan fingerprint density at radius 3 is 2.65 bits per heavy atom. The van der Waals surface area contributed by atoms with Gasteiger partial charge in [-0.3, -0.25) is 4.79 Å². The van der Waals surface area contributed by atoms with Crippen LogP contribution in [0.2, 0.25) is 0 Å². The van der Waals surface area contributed by atoms with Crippen LogP contribution in [0.25, 0.3) is 0 Å². The summed E-state index contributed by atoms with van der Waals surface area (Å²) in [4.78, 5) is 11.6. The molecule has 20 heavy (non-hydrogen) atoms. The van der Waals surface area contributed by atoms with Crippen molar-refractivity contribution in [1.29, 1.82) is 0 Å². The molecule has 2 aromatic carbocycles. The number of amides is 1. The lowest BCUT2D eigenvalue weighted by atomic mass is 10.1. The average Bonchev–Trinajstić information content (AvgIpc) is 2.44. The van der Waals surface area contributed by atoms with E-state index in [1.54, 1.807) is 24.3 Å². The number of ether oxygens (including phenoxy) is 1. The van der Waals surface area contributed by atoms with Crippen molar-refractivity contribution in [3.05, 3.63) is 53.3 Å². The number of nitrogens with two attached hydrogens (primary N) is 1. The van der Waals surface area contributed by atoms with Gasteiger partial charge in [-0.15, -0.1) is 0 Å². The molecule has 0 saturated heterocycles. The minimum Gasteiger partial charge on any atom is -0.452 e. The molecule has 0 aliphatic rings. The number of halogens is 1. The van der Waals surface area contributed by atoms with Crippen molar-refractivity contribution in [3.8, 4) is 11.5 Å². The summed E-state index contributed by atoms with van der Waals surface area (Å²) in [5.41, 5.74) is 7.38. The summed E-state index contributed by atoms with van der Waals surface area (Å²) in [6, 6.07) is 9.15. The van der Waals surface area contributed by atoms with Gasteiger partial charge in [0.25, 0.3) is 5.91 Å². The van der Waals surface area contributed by atoms with Crippen molar-refractivity contribution in [3.63, 3.8) is 0 Å². The Labute approximate surface area is 116 Å². The van der Waals surface area contributed by atoms with Crippen LogP contribution in [0.4, 0.5) is 10.1 Å². The maximum absolute atomic E-state index is 13.7. The molecular formula is C15H15FN2O2. The molecule has 5 heteroatoms. The first kappa shape index (κ1) is 13.9. The third-order valence-corrected chi connectivity index (χ3v) is 2.81. The van der Waals surface area contributed by atoms with Crippen molar-refractivity contribution in [1.82, 2.24) is 5.32 Å². The van der Waals surface area contributed by atoms with Gasteiger partial charge in [-0.05, 0) is 42.8 Å². The van der Waals surface area contributed by atoms with Crippen LogP contribution in [0.1, 0.15) is 15.9 Å². The zero-order chi connectivity index (χ0) is 14.7. The second-order valence-electron chi connectivity index (χ2n) is 4.37. The lowest BCUT2D eigenvalue weighted by molar-refractivity contribution is 0.0963. The molecule has 0 aliphatic carbocycles. The van der Waals surface area contributed by atoms with Gasteiger partial charge in [-0.2, -0.15) is 0 Å². The Morgan fingerprint density at radius 1 is 1.20 bits per heavy atom. The number of anilines is 1. The molecule has 2 rings (SSSR count). The molecule has 2 aromatic rings. The first-order valence-corrected chi connectivity index (χ1v) is 6.07. The molecule has 0 spiro atoms.